The molecule has 2 rings (SSSR count). The molecule has 23 heavy (non-hydrogen) atoms. The Hall–Kier alpha value is -1.10. The first-order valence-corrected chi connectivity index (χ1v) is 8.85. The van der Waals surface area contributed by atoms with Crippen molar-refractivity contribution < 1.29 is 4.79 Å². The van der Waals surface area contributed by atoms with E-state index in [0.717, 1.165) is 36.8 Å². The molecule has 0 saturated carbocycles. The van der Waals surface area contributed by atoms with Crippen molar-refractivity contribution in [1.29, 1.82) is 0 Å². The zero-order valence-corrected chi connectivity index (χ0v) is 15.1. The molecule has 0 aliphatic carbocycles. The summed E-state index contributed by atoms with van der Waals surface area (Å²) in [5.74, 6) is 0.827. The van der Waals surface area contributed by atoms with Crippen LogP contribution >= 0.6 is 11.6 Å². The molecule has 0 bridgehead atoms. The second-order valence-corrected chi connectivity index (χ2v) is 6.86. The molecule has 1 aromatic carbocycles. The summed E-state index contributed by atoms with van der Waals surface area (Å²) in [7, 11) is 2.00. The number of piperidine rings is 1. The molecular weight excluding hydrogens is 310 g/mol. The molecule has 1 atom stereocenters. The molecule has 1 unspecified atom stereocenters. The first-order chi connectivity index (χ1) is 11.0. The minimum atomic E-state index is -0.112. The molecule has 1 aliphatic heterocycles. The highest BCUT2D eigenvalue weighted by Gasteiger charge is 2.26. The smallest absolute Gasteiger partial charge is 0.241 e. The number of carbonyl (C=O) groups is 1. The van der Waals surface area contributed by atoms with Gasteiger partial charge in [0.25, 0.3) is 0 Å². The lowest BCUT2D eigenvalue weighted by molar-refractivity contribution is -0.121. The van der Waals surface area contributed by atoms with E-state index >= 15 is 0 Å². The van der Waals surface area contributed by atoms with E-state index in [9.17, 15) is 4.79 Å². The molecule has 2 N–H and O–H groups in total. The fourth-order valence-corrected chi connectivity index (χ4v) is 3.30. The van der Waals surface area contributed by atoms with Gasteiger partial charge in [0.2, 0.25) is 5.91 Å². The van der Waals surface area contributed by atoms with Crippen LogP contribution in [0.15, 0.2) is 18.2 Å². The van der Waals surface area contributed by atoms with Crippen molar-refractivity contribution in [2.75, 3.05) is 32.0 Å². The van der Waals surface area contributed by atoms with Gasteiger partial charge in [-0.1, -0.05) is 17.7 Å². The standard InChI is InChI=1S/C18H28ClN3O/c1-13-16(19)5-4-6-17(13)21-18(23)14(2)22-11-8-15(9-12-22)7-10-20-3/h4-6,14-15,20H,7-12H2,1-3H3,(H,21,23). The maximum Gasteiger partial charge on any atom is 0.241 e. The number of nitrogens with one attached hydrogen (secondary N) is 2. The number of anilines is 1. The van der Waals surface area contributed by atoms with E-state index in [1.807, 2.05) is 39.1 Å². The Morgan fingerprint density at radius 2 is 2.09 bits per heavy atom. The monoisotopic (exact) mass is 337 g/mol. The zero-order chi connectivity index (χ0) is 16.8. The lowest BCUT2D eigenvalue weighted by atomic mass is 9.93. The first-order valence-electron chi connectivity index (χ1n) is 8.47. The predicted molar refractivity (Wildman–Crippen MR) is 97.1 cm³/mol. The summed E-state index contributed by atoms with van der Waals surface area (Å²) in [6.45, 7) is 6.99. The van der Waals surface area contributed by atoms with Crippen LogP contribution in [0.3, 0.4) is 0 Å². The number of carbonyl (C=O) groups excluding carboxylic acids is 1. The van der Waals surface area contributed by atoms with Gasteiger partial charge in [-0.05, 0) is 83.4 Å². The van der Waals surface area contributed by atoms with Crippen molar-refractivity contribution in [3.8, 4) is 0 Å². The predicted octanol–water partition coefficient (Wildman–Crippen LogP) is 3.30. The molecule has 1 amide bonds. The fourth-order valence-electron chi connectivity index (χ4n) is 3.12. The fraction of sp³-hybridized carbons (Fsp3) is 0.611. The third kappa shape index (κ3) is 4.93. The Bertz CT molecular complexity index is 527. The van der Waals surface area contributed by atoms with Gasteiger partial charge >= 0.3 is 0 Å². The van der Waals surface area contributed by atoms with Crippen molar-refractivity contribution in [3.05, 3.63) is 28.8 Å². The average molecular weight is 338 g/mol. The number of hydrogen-bond donors (Lipinski definition) is 2. The van der Waals surface area contributed by atoms with Crippen LogP contribution in [-0.2, 0) is 4.79 Å². The Kier molecular flexibility index (Phi) is 6.88. The molecule has 1 fully saturated rings. The van der Waals surface area contributed by atoms with Gasteiger partial charge in [0.05, 0.1) is 6.04 Å². The van der Waals surface area contributed by atoms with Crippen molar-refractivity contribution in [2.24, 2.45) is 5.92 Å². The Labute approximate surface area is 144 Å². The van der Waals surface area contributed by atoms with E-state index in [1.165, 1.54) is 19.3 Å². The second kappa shape index (κ2) is 8.67. The molecule has 1 aromatic rings. The van der Waals surface area contributed by atoms with Gasteiger partial charge in [-0.15, -0.1) is 0 Å². The Morgan fingerprint density at radius 1 is 1.39 bits per heavy atom. The lowest BCUT2D eigenvalue weighted by Crippen LogP contribution is -2.46. The zero-order valence-electron chi connectivity index (χ0n) is 14.4. The van der Waals surface area contributed by atoms with Gasteiger partial charge in [-0.3, -0.25) is 9.69 Å². The number of nitrogens with zero attached hydrogens (tertiary/aromatic N) is 1. The molecule has 1 saturated heterocycles. The minimum Gasteiger partial charge on any atom is -0.324 e. The molecule has 0 aromatic heterocycles. The van der Waals surface area contributed by atoms with Gasteiger partial charge in [0.1, 0.15) is 0 Å². The highest BCUT2D eigenvalue weighted by Crippen LogP contribution is 2.25. The van der Waals surface area contributed by atoms with Crippen LogP contribution in [0.25, 0.3) is 0 Å². The van der Waals surface area contributed by atoms with E-state index in [0.29, 0.717) is 5.02 Å². The van der Waals surface area contributed by atoms with Crippen LogP contribution < -0.4 is 10.6 Å². The lowest BCUT2D eigenvalue weighted by Gasteiger charge is -2.35. The first kappa shape index (κ1) is 18.2. The number of halogens is 1. The maximum absolute atomic E-state index is 12.5. The molecule has 0 spiro atoms. The van der Waals surface area contributed by atoms with E-state index < -0.39 is 0 Å². The number of hydrogen-bond acceptors (Lipinski definition) is 3. The molecule has 4 nitrogen and oxygen atoms in total. The summed E-state index contributed by atoms with van der Waals surface area (Å²) < 4.78 is 0. The van der Waals surface area contributed by atoms with Crippen molar-refractivity contribution >= 4 is 23.2 Å². The third-order valence-electron chi connectivity index (χ3n) is 4.90. The summed E-state index contributed by atoms with van der Waals surface area (Å²) >= 11 is 6.12. The van der Waals surface area contributed by atoms with Crippen molar-refractivity contribution in [2.45, 2.75) is 39.2 Å². The molecule has 0 radical (unpaired) electrons. The summed E-state index contributed by atoms with van der Waals surface area (Å²) in [6.07, 6.45) is 3.58. The Balaban J connectivity index is 1.87. The normalized spacial score (nSPS) is 17.9. The molecular formula is C18H28ClN3O. The van der Waals surface area contributed by atoms with Crippen LogP contribution in [0.5, 0.6) is 0 Å². The quantitative estimate of drug-likeness (QED) is 0.837. The van der Waals surface area contributed by atoms with Gasteiger partial charge in [-0.25, -0.2) is 0 Å². The molecule has 5 heteroatoms. The van der Waals surface area contributed by atoms with E-state index in [-0.39, 0.29) is 11.9 Å². The van der Waals surface area contributed by atoms with Crippen LogP contribution in [0.1, 0.15) is 31.7 Å². The number of amides is 1. The highest BCUT2D eigenvalue weighted by atomic mass is 35.5. The number of rotatable bonds is 6. The summed E-state index contributed by atoms with van der Waals surface area (Å²) in [5.41, 5.74) is 1.72. The summed E-state index contributed by atoms with van der Waals surface area (Å²) in [4.78, 5) is 14.8. The largest absolute Gasteiger partial charge is 0.324 e. The van der Waals surface area contributed by atoms with Crippen LogP contribution in [0.4, 0.5) is 5.69 Å². The average Bonchev–Trinajstić information content (AvgIpc) is 2.57. The Morgan fingerprint density at radius 3 is 2.74 bits per heavy atom. The maximum atomic E-state index is 12.5. The van der Waals surface area contributed by atoms with Gasteiger partial charge < -0.3 is 10.6 Å². The van der Waals surface area contributed by atoms with Crippen LogP contribution in [0, 0.1) is 12.8 Å². The minimum absolute atomic E-state index is 0.0454. The van der Waals surface area contributed by atoms with Crippen LogP contribution in [0.2, 0.25) is 5.02 Å². The molecule has 128 valence electrons. The van der Waals surface area contributed by atoms with Crippen molar-refractivity contribution in [3.63, 3.8) is 0 Å². The van der Waals surface area contributed by atoms with E-state index in [1.54, 1.807) is 0 Å². The number of benzene rings is 1. The van der Waals surface area contributed by atoms with Gasteiger partial charge in [-0.2, -0.15) is 0 Å². The summed E-state index contributed by atoms with van der Waals surface area (Å²) in [6, 6.07) is 5.49. The summed E-state index contributed by atoms with van der Waals surface area (Å²) in [5, 5.41) is 6.92. The molecule has 1 heterocycles. The van der Waals surface area contributed by atoms with E-state index in [4.69, 9.17) is 11.6 Å². The van der Waals surface area contributed by atoms with Gasteiger partial charge in [0.15, 0.2) is 0 Å². The van der Waals surface area contributed by atoms with Crippen LogP contribution in [-0.4, -0.2) is 43.5 Å². The van der Waals surface area contributed by atoms with E-state index in [2.05, 4.69) is 15.5 Å². The third-order valence-corrected chi connectivity index (χ3v) is 5.31. The number of likely N-dealkylation sites (tertiary alicyclic amines) is 1. The topological polar surface area (TPSA) is 44.4 Å². The molecule has 1 aliphatic rings. The van der Waals surface area contributed by atoms with Gasteiger partial charge in [0, 0.05) is 10.7 Å². The van der Waals surface area contributed by atoms with Crippen molar-refractivity contribution in [1.82, 2.24) is 10.2 Å². The SMILES string of the molecule is CNCCC1CCN(C(C)C(=O)Nc2cccc(Cl)c2C)CC1. The second-order valence-electron chi connectivity index (χ2n) is 6.45. The highest BCUT2D eigenvalue weighted by molar-refractivity contribution is 6.31.